The van der Waals surface area contributed by atoms with Crippen LogP contribution in [-0.4, -0.2) is 49.5 Å². The van der Waals surface area contributed by atoms with Crippen molar-refractivity contribution < 1.29 is 17.9 Å². The third-order valence-electron chi connectivity index (χ3n) is 3.63. The Hall–Kier alpha value is -0.330. The molecule has 17 heavy (non-hydrogen) atoms. The molecule has 0 amide bonds. The van der Waals surface area contributed by atoms with Gasteiger partial charge in [-0.3, -0.25) is 4.90 Å². The summed E-state index contributed by atoms with van der Waals surface area (Å²) in [5.41, 5.74) is 5.56. The van der Waals surface area contributed by atoms with Crippen LogP contribution in [0.5, 0.6) is 0 Å². The Morgan fingerprint density at radius 2 is 2.06 bits per heavy atom. The lowest BCUT2D eigenvalue weighted by Crippen LogP contribution is -2.49. The molecule has 0 radical (unpaired) electrons. The van der Waals surface area contributed by atoms with E-state index in [1.807, 2.05) is 6.92 Å². The van der Waals surface area contributed by atoms with Crippen LogP contribution >= 0.6 is 0 Å². The number of nitrogens with zero attached hydrogens (tertiary/aromatic N) is 1. The first kappa shape index (κ1) is 13.1. The molecular formula is C11H19F3N2O. The molecule has 1 heterocycles. The zero-order chi connectivity index (χ0) is 12.7. The van der Waals surface area contributed by atoms with E-state index in [2.05, 4.69) is 0 Å². The minimum absolute atomic E-state index is 0.0845. The largest absolute Gasteiger partial charge is 0.401 e. The summed E-state index contributed by atoms with van der Waals surface area (Å²) in [5, 5.41) is 0. The van der Waals surface area contributed by atoms with E-state index in [4.69, 9.17) is 10.5 Å². The molecule has 2 fully saturated rings. The van der Waals surface area contributed by atoms with Gasteiger partial charge in [-0.15, -0.1) is 0 Å². The van der Waals surface area contributed by atoms with E-state index in [9.17, 15) is 13.2 Å². The second-order valence-corrected chi connectivity index (χ2v) is 5.53. The summed E-state index contributed by atoms with van der Waals surface area (Å²) in [6.07, 6.45) is -2.41. The summed E-state index contributed by atoms with van der Waals surface area (Å²) in [5.74, 6) is 0. The van der Waals surface area contributed by atoms with Crippen molar-refractivity contribution in [1.82, 2.24) is 4.90 Å². The summed E-state index contributed by atoms with van der Waals surface area (Å²) in [6, 6.07) is -0.0850. The van der Waals surface area contributed by atoms with Crippen molar-refractivity contribution in [2.45, 2.75) is 38.0 Å². The number of nitrogens with two attached hydrogens (primary N) is 1. The van der Waals surface area contributed by atoms with Gasteiger partial charge in [0.15, 0.2) is 0 Å². The third-order valence-corrected chi connectivity index (χ3v) is 3.63. The monoisotopic (exact) mass is 252 g/mol. The standard InChI is InChI=1S/C11H19F3N2O/c1-10(7-17-4-9(10)15)5-16(8-2-3-8)6-11(12,13)14/h8-9H,2-7,15H2,1H3. The molecule has 0 spiro atoms. The van der Waals surface area contributed by atoms with E-state index in [1.54, 1.807) is 0 Å². The van der Waals surface area contributed by atoms with Gasteiger partial charge in [0.1, 0.15) is 0 Å². The van der Waals surface area contributed by atoms with Gasteiger partial charge in [0, 0.05) is 24.0 Å². The summed E-state index contributed by atoms with van der Waals surface area (Å²) in [7, 11) is 0. The van der Waals surface area contributed by atoms with E-state index in [0.29, 0.717) is 19.8 Å². The topological polar surface area (TPSA) is 38.5 Å². The van der Waals surface area contributed by atoms with Crippen LogP contribution < -0.4 is 5.73 Å². The van der Waals surface area contributed by atoms with Crippen LogP contribution in [0.2, 0.25) is 0 Å². The predicted octanol–water partition coefficient (Wildman–Crippen LogP) is 1.38. The highest BCUT2D eigenvalue weighted by atomic mass is 19.4. The molecule has 0 bridgehead atoms. The van der Waals surface area contributed by atoms with Gasteiger partial charge in [-0.1, -0.05) is 6.92 Å². The van der Waals surface area contributed by atoms with Gasteiger partial charge in [-0.25, -0.2) is 0 Å². The Bertz CT molecular complexity index is 280. The van der Waals surface area contributed by atoms with Crippen LogP contribution in [0, 0.1) is 5.41 Å². The van der Waals surface area contributed by atoms with Crippen LogP contribution in [0.25, 0.3) is 0 Å². The molecule has 2 rings (SSSR count). The van der Waals surface area contributed by atoms with E-state index in [-0.39, 0.29) is 17.5 Å². The molecule has 1 aliphatic heterocycles. The fourth-order valence-corrected chi connectivity index (χ4v) is 2.34. The minimum atomic E-state index is -4.14. The summed E-state index contributed by atoms with van der Waals surface area (Å²) in [6.45, 7) is 2.35. The first-order valence-electron chi connectivity index (χ1n) is 5.94. The summed E-state index contributed by atoms with van der Waals surface area (Å²) in [4.78, 5) is 1.52. The number of halogens is 3. The van der Waals surface area contributed by atoms with Gasteiger partial charge >= 0.3 is 6.18 Å². The minimum Gasteiger partial charge on any atom is -0.379 e. The van der Waals surface area contributed by atoms with Crippen molar-refractivity contribution in [1.29, 1.82) is 0 Å². The highest BCUT2D eigenvalue weighted by molar-refractivity contribution is 4.96. The van der Waals surface area contributed by atoms with Gasteiger partial charge in [-0.05, 0) is 12.8 Å². The highest BCUT2D eigenvalue weighted by Crippen LogP contribution is 2.35. The normalized spacial score (nSPS) is 34.6. The van der Waals surface area contributed by atoms with Gasteiger partial charge in [0.05, 0.1) is 19.8 Å². The molecule has 6 heteroatoms. The van der Waals surface area contributed by atoms with Crippen LogP contribution in [0.15, 0.2) is 0 Å². The number of rotatable bonds is 4. The smallest absolute Gasteiger partial charge is 0.379 e. The number of alkyl halides is 3. The maximum Gasteiger partial charge on any atom is 0.401 e. The van der Waals surface area contributed by atoms with E-state index >= 15 is 0 Å². The Kier molecular flexibility index (Phi) is 3.40. The Morgan fingerprint density at radius 3 is 2.47 bits per heavy atom. The lowest BCUT2D eigenvalue weighted by molar-refractivity contribution is -0.150. The molecule has 1 saturated heterocycles. The van der Waals surface area contributed by atoms with Crippen molar-refractivity contribution in [3.8, 4) is 0 Å². The average molecular weight is 252 g/mol. The number of hydrogen-bond acceptors (Lipinski definition) is 3. The molecule has 0 aromatic rings. The lowest BCUT2D eigenvalue weighted by atomic mass is 9.85. The molecule has 3 nitrogen and oxygen atoms in total. The summed E-state index contributed by atoms with van der Waals surface area (Å²) < 4.78 is 42.7. The van der Waals surface area contributed by atoms with E-state index in [1.165, 1.54) is 4.90 Å². The Morgan fingerprint density at radius 1 is 1.41 bits per heavy atom. The second-order valence-electron chi connectivity index (χ2n) is 5.53. The molecule has 0 aromatic heterocycles. The van der Waals surface area contributed by atoms with Gasteiger partial charge in [0.2, 0.25) is 0 Å². The van der Waals surface area contributed by atoms with E-state index < -0.39 is 12.7 Å². The molecular weight excluding hydrogens is 233 g/mol. The first-order valence-corrected chi connectivity index (χ1v) is 5.94. The van der Waals surface area contributed by atoms with Crippen molar-refractivity contribution in [3.63, 3.8) is 0 Å². The highest BCUT2D eigenvalue weighted by Gasteiger charge is 2.45. The third kappa shape index (κ3) is 3.33. The average Bonchev–Trinajstić information content (AvgIpc) is 2.93. The Balaban J connectivity index is 1.97. The molecule has 2 atom stereocenters. The number of ether oxygens (including phenoxy) is 1. The van der Waals surface area contributed by atoms with Crippen molar-refractivity contribution >= 4 is 0 Å². The SMILES string of the molecule is CC1(CN(CC(F)(F)F)C2CC2)COCC1N. The van der Waals surface area contributed by atoms with Crippen LogP contribution in [0.1, 0.15) is 19.8 Å². The van der Waals surface area contributed by atoms with Gasteiger partial charge in [-0.2, -0.15) is 13.2 Å². The maximum atomic E-state index is 12.5. The van der Waals surface area contributed by atoms with E-state index in [0.717, 1.165) is 12.8 Å². The lowest BCUT2D eigenvalue weighted by Gasteiger charge is -2.34. The Labute approximate surface area is 99.1 Å². The molecule has 1 saturated carbocycles. The van der Waals surface area contributed by atoms with Crippen molar-refractivity contribution in [2.75, 3.05) is 26.3 Å². The van der Waals surface area contributed by atoms with Gasteiger partial charge in [0.25, 0.3) is 0 Å². The zero-order valence-corrected chi connectivity index (χ0v) is 9.96. The van der Waals surface area contributed by atoms with Crippen LogP contribution in [0.3, 0.4) is 0 Å². The van der Waals surface area contributed by atoms with Crippen molar-refractivity contribution in [3.05, 3.63) is 0 Å². The second kappa shape index (κ2) is 4.40. The predicted molar refractivity (Wildman–Crippen MR) is 57.6 cm³/mol. The molecule has 2 unspecified atom stereocenters. The first-order chi connectivity index (χ1) is 7.80. The quantitative estimate of drug-likeness (QED) is 0.821. The van der Waals surface area contributed by atoms with Gasteiger partial charge < -0.3 is 10.5 Å². The van der Waals surface area contributed by atoms with Crippen LogP contribution in [0.4, 0.5) is 13.2 Å². The molecule has 1 aliphatic carbocycles. The molecule has 2 aliphatic rings. The fourth-order valence-electron chi connectivity index (χ4n) is 2.34. The zero-order valence-electron chi connectivity index (χ0n) is 9.96. The molecule has 0 aromatic carbocycles. The van der Waals surface area contributed by atoms with Crippen LogP contribution in [-0.2, 0) is 4.74 Å². The van der Waals surface area contributed by atoms with Crippen molar-refractivity contribution in [2.24, 2.45) is 11.1 Å². The number of hydrogen-bond donors (Lipinski definition) is 1. The molecule has 2 N–H and O–H groups in total. The molecule has 100 valence electrons. The maximum absolute atomic E-state index is 12.5. The fraction of sp³-hybridized carbons (Fsp3) is 1.00. The summed E-state index contributed by atoms with van der Waals surface area (Å²) >= 11 is 0.